The van der Waals surface area contributed by atoms with Crippen LogP contribution in [0, 0.1) is 0 Å². The molecule has 0 aliphatic heterocycles. The van der Waals surface area contributed by atoms with Gasteiger partial charge in [0.25, 0.3) is 0 Å². The lowest BCUT2D eigenvalue weighted by Gasteiger charge is -1.88. The zero-order valence-electron chi connectivity index (χ0n) is 5.21. The van der Waals surface area contributed by atoms with Gasteiger partial charge in [0.05, 0.1) is 0 Å². The van der Waals surface area contributed by atoms with Crippen LogP contribution in [0.1, 0.15) is 6.42 Å². The monoisotopic (exact) mass is 180 g/mol. The fraction of sp³-hybridized carbons (Fsp3) is 0.600. The molecule has 0 saturated carbocycles. The second-order valence-electron chi connectivity index (χ2n) is 1.48. The molecule has 9 heavy (non-hydrogen) atoms. The Balaban J connectivity index is 2.82. The Bertz CT molecular complexity index is 92.2. The van der Waals surface area contributed by atoms with Crippen molar-refractivity contribution in [3.63, 3.8) is 0 Å². The summed E-state index contributed by atoms with van der Waals surface area (Å²) in [4.78, 5) is 9.84. The summed E-state index contributed by atoms with van der Waals surface area (Å²) in [5.41, 5.74) is 2.06. The number of hydrogen-bond acceptors (Lipinski definition) is 1. The predicted octanol–water partition coefficient (Wildman–Crippen LogP) is 1.83. The molecule has 0 rings (SSSR count). The van der Waals surface area contributed by atoms with E-state index in [0.717, 1.165) is 12.2 Å². The maximum Gasteiger partial charge on any atom is 0.138 e. The van der Waals surface area contributed by atoms with Gasteiger partial charge in [0.1, 0.15) is 6.03 Å². The molecule has 1 nitrogen and oxygen atoms in total. The van der Waals surface area contributed by atoms with Crippen LogP contribution in [0.5, 0.6) is 0 Å². The molecule has 0 aliphatic carbocycles. The Hall–Kier alpha value is 0.700. The molecular weight excluding hydrogens is 169 g/mol. The molecule has 0 spiro atoms. The molecular formula is C5H11OP3. The molecule has 0 saturated heterocycles. The Morgan fingerprint density at radius 3 is 3.00 bits per heavy atom. The van der Waals surface area contributed by atoms with Crippen molar-refractivity contribution in [3.05, 3.63) is 0 Å². The van der Waals surface area contributed by atoms with Crippen LogP contribution in [0.15, 0.2) is 0 Å². The molecule has 0 aromatic rings. The maximum absolute atomic E-state index is 9.84. The van der Waals surface area contributed by atoms with E-state index in [2.05, 4.69) is 14.8 Å². The summed E-state index contributed by atoms with van der Waals surface area (Å²) in [6.07, 6.45) is 3.46. The highest BCUT2D eigenvalue weighted by atomic mass is 31.1. The third-order valence-corrected chi connectivity index (χ3v) is 3.02. The normalized spacial score (nSPS) is 11.7. The lowest BCUT2D eigenvalue weighted by molar-refractivity contribution is 0.569. The van der Waals surface area contributed by atoms with Crippen LogP contribution in [0.3, 0.4) is 0 Å². The highest BCUT2D eigenvalue weighted by molar-refractivity contribution is 7.59. The average molecular weight is 180 g/mol. The minimum absolute atomic E-state index is 0.520. The summed E-state index contributed by atoms with van der Waals surface area (Å²) < 4.78 is 0. The Labute approximate surface area is 61.8 Å². The number of rotatable bonds is 5. The van der Waals surface area contributed by atoms with Gasteiger partial charge < -0.3 is 0 Å². The summed E-state index contributed by atoms with van der Waals surface area (Å²) >= 11 is 0. The summed E-state index contributed by atoms with van der Waals surface area (Å²) in [5, 5.41) is 0. The molecule has 0 fully saturated rings. The smallest absolute Gasteiger partial charge is 0.138 e. The molecule has 0 aromatic carbocycles. The van der Waals surface area contributed by atoms with Crippen molar-refractivity contribution in [2.75, 3.05) is 12.3 Å². The molecule has 52 valence electrons. The van der Waals surface area contributed by atoms with Crippen LogP contribution in [0.25, 0.3) is 0 Å². The molecule has 0 radical (unpaired) electrons. The van der Waals surface area contributed by atoms with E-state index >= 15 is 0 Å². The zero-order valence-corrected chi connectivity index (χ0v) is 8.26. The highest BCUT2D eigenvalue weighted by Crippen LogP contribution is 2.08. The molecule has 0 amide bonds. The second kappa shape index (κ2) is 8.70. The second-order valence-corrected chi connectivity index (χ2v) is 4.63. The Kier molecular flexibility index (Phi) is 9.38. The van der Waals surface area contributed by atoms with E-state index in [1.165, 1.54) is 20.8 Å². The third-order valence-electron chi connectivity index (χ3n) is 0.797. The van der Waals surface area contributed by atoms with Gasteiger partial charge in [-0.1, -0.05) is 8.58 Å². The summed E-state index contributed by atoms with van der Waals surface area (Å²) in [6.45, 7) is 0. The maximum atomic E-state index is 9.84. The standard InChI is InChI=1S/C5H11OP3/c6-4-8-2-1-3-9-5-7/h4-5,8H,1-3,7H2. The summed E-state index contributed by atoms with van der Waals surface area (Å²) in [5.74, 6) is 0. The zero-order chi connectivity index (χ0) is 6.95. The Morgan fingerprint density at radius 2 is 2.44 bits per heavy atom. The fourth-order valence-corrected chi connectivity index (χ4v) is 2.14. The van der Waals surface area contributed by atoms with E-state index in [1.807, 2.05) is 0 Å². The number of carbonyl (C=O) groups excluding carboxylic acids is 1. The van der Waals surface area contributed by atoms with Crippen LogP contribution in [0.4, 0.5) is 0 Å². The first-order valence-electron chi connectivity index (χ1n) is 2.79. The van der Waals surface area contributed by atoms with Crippen LogP contribution >= 0.6 is 26.0 Å². The van der Waals surface area contributed by atoms with E-state index < -0.39 is 0 Å². The van der Waals surface area contributed by atoms with E-state index in [0.29, 0.717) is 8.58 Å². The van der Waals surface area contributed by atoms with Gasteiger partial charge in [-0.2, -0.15) is 0 Å². The molecule has 0 heterocycles. The summed E-state index contributed by atoms with van der Waals surface area (Å²) in [6, 6.07) is 1.02. The molecule has 2 atom stereocenters. The third kappa shape index (κ3) is 8.70. The van der Waals surface area contributed by atoms with Crippen molar-refractivity contribution in [1.82, 2.24) is 0 Å². The first-order chi connectivity index (χ1) is 4.41. The minimum Gasteiger partial charge on any atom is -0.299 e. The van der Waals surface area contributed by atoms with E-state index in [1.54, 1.807) is 0 Å². The molecule has 0 aliphatic rings. The molecule has 0 bridgehead atoms. The van der Waals surface area contributed by atoms with Crippen molar-refractivity contribution >= 4 is 37.6 Å². The van der Waals surface area contributed by atoms with E-state index in [4.69, 9.17) is 0 Å². The van der Waals surface area contributed by atoms with Gasteiger partial charge in [0, 0.05) is 0 Å². The molecule has 0 N–H and O–H groups in total. The highest BCUT2D eigenvalue weighted by Gasteiger charge is 1.82. The Morgan fingerprint density at radius 1 is 1.67 bits per heavy atom. The van der Waals surface area contributed by atoms with Gasteiger partial charge in [-0.15, -0.1) is 17.4 Å². The average Bonchev–Trinajstić information content (AvgIpc) is 1.89. The van der Waals surface area contributed by atoms with Crippen LogP contribution in [-0.2, 0) is 4.79 Å². The van der Waals surface area contributed by atoms with Gasteiger partial charge in [-0.25, -0.2) is 0 Å². The van der Waals surface area contributed by atoms with Crippen LogP contribution in [0.2, 0.25) is 0 Å². The summed E-state index contributed by atoms with van der Waals surface area (Å²) in [7, 11) is 4.46. The topological polar surface area (TPSA) is 17.1 Å². The quantitative estimate of drug-likeness (QED) is 0.358. The lowest BCUT2D eigenvalue weighted by Crippen LogP contribution is -1.76. The van der Waals surface area contributed by atoms with Crippen LogP contribution < -0.4 is 0 Å². The van der Waals surface area contributed by atoms with Gasteiger partial charge in [-0.3, -0.25) is 4.79 Å². The molecule has 4 heteroatoms. The van der Waals surface area contributed by atoms with E-state index in [-0.39, 0.29) is 0 Å². The largest absolute Gasteiger partial charge is 0.299 e. The van der Waals surface area contributed by atoms with Crippen molar-refractivity contribution in [2.45, 2.75) is 6.42 Å². The fourth-order valence-electron chi connectivity index (χ4n) is 0.406. The van der Waals surface area contributed by atoms with Crippen molar-refractivity contribution in [3.8, 4) is 0 Å². The van der Waals surface area contributed by atoms with Crippen LogP contribution in [-0.4, -0.2) is 23.9 Å². The number of hydrogen-bond donors (Lipinski definition) is 0. The van der Waals surface area contributed by atoms with Gasteiger partial charge in [0.15, 0.2) is 0 Å². The van der Waals surface area contributed by atoms with Gasteiger partial charge in [0.2, 0.25) is 0 Å². The lowest BCUT2D eigenvalue weighted by atomic mass is 10.6. The first-order valence-corrected chi connectivity index (χ1v) is 5.89. The van der Waals surface area contributed by atoms with Crippen molar-refractivity contribution in [2.24, 2.45) is 0 Å². The van der Waals surface area contributed by atoms with Crippen molar-refractivity contribution < 1.29 is 4.79 Å². The number of carbonyl (C=O) groups is 1. The SMILES string of the molecule is O=CPCCCP=CP. The molecule has 2 unspecified atom stereocenters. The van der Waals surface area contributed by atoms with Gasteiger partial charge >= 0.3 is 0 Å². The molecule has 0 aromatic heterocycles. The predicted molar refractivity (Wildman–Crippen MR) is 52.1 cm³/mol. The first kappa shape index (κ1) is 9.70. The van der Waals surface area contributed by atoms with Gasteiger partial charge in [-0.05, 0) is 24.3 Å². The minimum atomic E-state index is 0.520. The van der Waals surface area contributed by atoms with E-state index in [9.17, 15) is 4.79 Å². The van der Waals surface area contributed by atoms with Crippen molar-refractivity contribution in [1.29, 1.82) is 0 Å².